The highest BCUT2D eigenvalue weighted by atomic mass is 16.6. The Kier molecular flexibility index (Phi) is 21.2. The van der Waals surface area contributed by atoms with Gasteiger partial charge in [0.25, 0.3) is 0 Å². The summed E-state index contributed by atoms with van der Waals surface area (Å²) in [6, 6.07) is 25.0. The molecule has 14 heteroatoms. The van der Waals surface area contributed by atoms with Crippen LogP contribution in [-0.4, -0.2) is 165 Å². The Hall–Kier alpha value is -5.44. The lowest BCUT2D eigenvalue weighted by Gasteiger charge is -2.42. The van der Waals surface area contributed by atoms with Gasteiger partial charge in [-0.15, -0.1) is 0 Å². The van der Waals surface area contributed by atoms with Gasteiger partial charge in [0.2, 0.25) is 17.7 Å². The van der Waals surface area contributed by atoms with Gasteiger partial charge in [-0.05, 0) is 64.8 Å². The summed E-state index contributed by atoms with van der Waals surface area (Å²) in [5, 5.41) is 0. The molecule has 6 rings (SSSR count). The molecule has 2 saturated heterocycles. The van der Waals surface area contributed by atoms with E-state index in [-0.39, 0.29) is 91.0 Å². The molecule has 2 heterocycles. The molecule has 0 N–H and O–H groups in total. The van der Waals surface area contributed by atoms with E-state index in [9.17, 15) is 28.8 Å². The van der Waals surface area contributed by atoms with Gasteiger partial charge >= 0.3 is 6.09 Å². The Morgan fingerprint density at radius 1 is 0.680 bits per heavy atom. The number of hydrogen-bond acceptors (Lipinski definition) is 10. The Labute approximate surface area is 447 Å². The minimum atomic E-state index is -0.654. The van der Waals surface area contributed by atoms with E-state index in [0.29, 0.717) is 45.6 Å². The van der Waals surface area contributed by atoms with E-state index in [1.165, 1.54) is 16.0 Å². The molecule has 3 aromatic carbocycles. The first-order chi connectivity index (χ1) is 35.8. The van der Waals surface area contributed by atoms with Crippen LogP contribution in [0.25, 0.3) is 11.1 Å². The molecule has 0 radical (unpaired) electrons. The van der Waals surface area contributed by atoms with Gasteiger partial charge < -0.3 is 33.8 Å². The number of Topliss-reactive ketones (excluding diaryl/α,β-unsaturated/α-hetero) is 2. The van der Waals surface area contributed by atoms with E-state index in [1.54, 1.807) is 45.2 Å². The summed E-state index contributed by atoms with van der Waals surface area (Å²) in [7, 11) is 8.34. The van der Waals surface area contributed by atoms with E-state index in [2.05, 4.69) is 43.0 Å². The van der Waals surface area contributed by atoms with Crippen molar-refractivity contribution in [1.82, 2.24) is 24.5 Å². The number of ether oxygens (including phenoxy) is 3. The fourth-order valence-corrected chi connectivity index (χ4v) is 12.4. The van der Waals surface area contributed by atoms with Crippen LogP contribution in [0.1, 0.15) is 110 Å². The third-order valence-corrected chi connectivity index (χ3v) is 16.7. The van der Waals surface area contributed by atoms with Crippen molar-refractivity contribution in [3.05, 3.63) is 95.6 Å². The number of rotatable bonds is 25. The van der Waals surface area contributed by atoms with Crippen LogP contribution in [0, 0.1) is 35.5 Å². The first kappa shape index (κ1) is 58.8. The molecule has 4 amide bonds. The molecule has 3 aliphatic rings. The maximum atomic E-state index is 14.9. The maximum absolute atomic E-state index is 14.9. The number of carbonyl (C=O) groups excluding carboxylic acids is 6. The highest BCUT2D eigenvalue weighted by Gasteiger charge is 2.44. The number of likely N-dealkylation sites (tertiary alicyclic amines) is 1. The minimum Gasteiger partial charge on any atom is -0.448 e. The lowest BCUT2D eigenvalue weighted by atomic mass is 9.83. The van der Waals surface area contributed by atoms with Gasteiger partial charge in [0, 0.05) is 105 Å². The standard InChI is InChI=1S/C61H87N5O9/c1-13-41(6)57(54(73-11)37-55(69)66-29-21-28-51(66)58(74-12)42(7)52(67)35-44(59(70)62(8)9)34-43-22-15-14-16-23-43)63(10)60(71)49(39(2)3)36-53(68)56(40(4)5)64-30-32-65(33-31-64)61(72)75-38-50-47-26-19-17-24-45(47)46-25-18-20-27-48(46)50/h14-20,22-27,39-42,44,49-51,54,56-58H,13,21,28-38H2,1-12H3/t41-,42-,44+,49-,51-,54?,56-,57-,58+/m0/s1. The number of nitrogens with zero attached hydrogens (tertiary/aromatic N) is 5. The molecule has 1 aliphatic carbocycles. The molecule has 75 heavy (non-hydrogen) atoms. The average molecular weight is 1030 g/mol. The van der Waals surface area contributed by atoms with Crippen LogP contribution in [0.5, 0.6) is 0 Å². The Bertz CT molecular complexity index is 2360. The molecular formula is C61H87N5O9. The summed E-state index contributed by atoms with van der Waals surface area (Å²) in [6.07, 6.45) is 1.09. The van der Waals surface area contributed by atoms with Gasteiger partial charge in [0.1, 0.15) is 12.4 Å². The van der Waals surface area contributed by atoms with Gasteiger partial charge in [-0.3, -0.25) is 28.9 Å². The normalized spacial score (nSPS) is 19.1. The van der Waals surface area contributed by atoms with Gasteiger partial charge in [-0.2, -0.15) is 0 Å². The smallest absolute Gasteiger partial charge is 0.409 e. The molecule has 3 aromatic rings. The van der Waals surface area contributed by atoms with Crippen LogP contribution in [0.4, 0.5) is 4.79 Å². The van der Waals surface area contributed by atoms with E-state index in [4.69, 9.17) is 14.2 Å². The molecule has 14 nitrogen and oxygen atoms in total. The topological polar surface area (TPSA) is 146 Å². The number of methoxy groups -OCH3 is 2. The zero-order valence-electron chi connectivity index (χ0n) is 47.0. The van der Waals surface area contributed by atoms with Crippen LogP contribution < -0.4 is 0 Å². The zero-order chi connectivity index (χ0) is 54.7. The predicted molar refractivity (Wildman–Crippen MR) is 293 cm³/mol. The van der Waals surface area contributed by atoms with Crippen LogP contribution in [0.15, 0.2) is 78.9 Å². The summed E-state index contributed by atoms with van der Waals surface area (Å²) < 4.78 is 18.2. The van der Waals surface area contributed by atoms with E-state index < -0.39 is 42.0 Å². The highest BCUT2D eigenvalue weighted by molar-refractivity contribution is 5.91. The van der Waals surface area contributed by atoms with Crippen LogP contribution in [0.2, 0.25) is 0 Å². The molecule has 410 valence electrons. The minimum absolute atomic E-state index is 0.00454. The lowest BCUT2D eigenvalue weighted by Crippen LogP contribution is -2.56. The first-order valence-corrected chi connectivity index (χ1v) is 27.6. The van der Waals surface area contributed by atoms with Crippen molar-refractivity contribution in [2.45, 2.75) is 130 Å². The van der Waals surface area contributed by atoms with Crippen LogP contribution >= 0.6 is 0 Å². The van der Waals surface area contributed by atoms with Crippen molar-refractivity contribution in [2.75, 3.05) is 74.7 Å². The second kappa shape index (κ2) is 27.0. The second-order valence-electron chi connectivity index (χ2n) is 22.4. The first-order valence-electron chi connectivity index (χ1n) is 27.6. The largest absolute Gasteiger partial charge is 0.448 e. The average Bonchev–Trinajstić information content (AvgIpc) is 4.02. The van der Waals surface area contributed by atoms with Crippen molar-refractivity contribution in [3.8, 4) is 11.1 Å². The van der Waals surface area contributed by atoms with Crippen molar-refractivity contribution >= 4 is 35.4 Å². The number of fused-ring (bicyclic) bond motifs is 3. The molecule has 0 aromatic heterocycles. The number of hydrogen-bond donors (Lipinski definition) is 0. The Balaban J connectivity index is 1.07. The molecule has 9 atom stereocenters. The fourth-order valence-electron chi connectivity index (χ4n) is 12.4. The van der Waals surface area contributed by atoms with Crippen molar-refractivity contribution < 1.29 is 43.0 Å². The number of benzene rings is 3. The van der Waals surface area contributed by atoms with E-state index in [1.807, 2.05) is 94.1 Å². The van der Waals surface area contributed by atoms with Crippen LogP contribution in [-0.2, 0) is 44.6 Å². The lowest BCUT2D eigenvalue weighted by molar-refractivity contribution is -0.149. The molecule has 2 aliphatic heterocycles. The number of ketones is 2. The third kappa shape index (κ3) is 13.9. The van der Waals surface area contributed by atoms with Crippen molar-refractivity contribution in [1.29, 1.82) is 0 Å². The van der Waals surface area contributed by atoms with Crippen molar-refractivity contribution in [3.63, 3.8) is 0 Å². The quantitative estimate of drug-likeness (QED) is 0.0809. The van der Waals surface area contributed by atoms with Gasteiger partial charge in [0.15, 0.2) is 5.78 Å². The number of carbonyl (C=O) groups is 6. The molecule has 0 bridgehead atoms. The predicted octanol–water partition coefficient (Wildman–Crippen LogP) is 8.64. The van der Waals surface area contributed by atoms with Gasteiger partial charge in [-0.1, -0.05) is 134 Å². The Morgan fingerprint density at radius 2 is 1.28 bits per heavy atom. The van der Waals surface area contributed by atoms with Gasteiger partial charge in [0.05, 0.1) is 36.8 Å². The molecule has 0 saturated carbocycles. The van der Waals surface area contributed by atoms with Crippen LogP contribution in [0.3, 0.4) is 0 Å². The third-order valence-electron chi connectivity index (χ3n) is 16.7. The summed E-state index contributed by atoms with van der Waals surface area (Å²) in [4.78, 5) is 94.0. The van der Waals surface area contributed by atoms with Gasteiger partial charge in [-0.25, -0.2) is 4.79 Å². The molecule has 1 unspecified atom stereocenters. The summed E-state index contributed by atoms with van der Waals surface area (Å²) in [5.74, 6) is -2.51. The number of piperazine rings is 1. The number of amides is 4. The molecular weight excluding hydrogens is 947 g/mol. The summed E-state index contributed by atoms with van der Waals surface area (Å²) >= 11 is 0. The number of likely N-dealkylation sites (N-methyl/N-ethyl adjacent to an activating group) is 1. The second-order valence-corrected chi connectivity index (χ2v) is 22.4. The summed E-state index contributed by atoms with van der Waals surface area (Å²) in [6.45, 7) is 16.6. The maximum Gasteiger partial charge on any atom is 0.409 e. The zero-order valence-corrected chi connectivity index (χ0v) is 47.0. The van der Waals surface area contributed by atoms with Crippen molar-refractivity contribution in [2.24, 2.45) is 35.5 Å². The van der Waals surface area contributed by atoms with E-state index >= 15 is 0 Å². The summed E-state index contributed by atoms with van der Waals surface area (Å²) in [5.41, 5.74) is 5.65. The fraction of sp³-hybridized carbons (Fsp3) is 0.607. The monoisotopic (exact) mass is 1030 g/mol. The molecule has 2 fully saturated rings. The SMILES string of the molecule is CC[C@H](C)[C@@H](C(CC(=O)N1CCC[C@H]1[C@H](OC)[C@@H](C)C(=O)C[C@@H](Cc1ccccc1)C(=O)N(C)C)OC)N(C)C(=O)[C@@H](CC(=O)[C@H](C(C)C)N1CCN(C(=O)OCC2c3ccccc3-c3ccccc32)CC1)C(C)C. The highest BCUT2D eigenvalue weighted by Crippen LogP contribution is 2.44. The van der Waals surface area contributed by atoms with E-state index in [0.717, 1.165) is 29.5 Å². The molecule has 0 spiro atoms. The Morgan fingerprint density at radius 3 is 1.83 bits per heavy atom.